The van der Waals surface area contributed by atoms with Crippen molar-refractivity contribution in [1.82, 2.24) is 15.6 Å². The second-order valence-electron chi connectivity index (χ2n) is 6.33. The Labute approximate surface area is 205 Å². The fourth-order valence-corrected chi connectivity index (χ4v) is 4.32. The number of thiocarbonyl (C=S) groups is 1. The number of rotatable bonds is 8. The van der Waals surface area contributed by atoms with E-state index in [1.807, 2.05) is 0 Å². The molecule has 0 unspecified atom stereocenters. The predicted molar refractivity (Wildman–Crippen MR) is 128 cm³/mol. The third-order valence-electron chi connectivity index (χ3n) is 3.90. The van der Waals surface area contributed by atoms with E-state index in [2.05, 4.69) is 20.9 Å². The number of hydrazine groups is 1. The van der Waals surface area contributed by atoms with Gasteiger partial charge in [0.05, 0.1) is 15.6 Å². The van der Waals surface area contributed by atoms with Crippen molar-refractivity contribution in [1.29, 1.82) is 0 Å². The number of amides is 2. The topological polar surface area (TPSA) is 142 Å². The van der Waals surface area contributed by atoms with Crippen molar-refractivity contribution in [3.63, 3.8) is 0 Å². The minimum atomic E-state index is -4.09. The molecular formula is C18H18Cl3N5O4S2. The van der Waals surface area contributed by atoms with E-state index in [0.717, 1.165) is 0 Å². The Balaban J connectivity index is 2.05. The van der Waals surface area contributed by atoms with Gasteiger partial charge in [0, 0.05) is 16.5 Å². The molecule has 2 rings (SSSR count). The van der Waals surface area contributed by atoms with Crippen LogP contribution in [0.5, 0.6) is 0 Å². The van der Waals surface area contributed by atoms with Crippen LogP contribution >= 0.6 is 47.0 Å². The van der Waals surface area contributed by atoms with Gasteiger partial charge in [-0.3, -0.25) is 20.4 Å². The minimum absolute atomic E-state index is 0.0308. The Morgan fingerprint density at radius 3 is 2.22 bits per heavy atom. The molecule has 0 spiro atoms. The third kappa shape index (κ3) is 8.08. The van der Waals surface area contributed by atoms with Gasteiger partial charge in [0.2, 0.25) is 15.9 Å². The summed E-state index contributed by atoms with van der Waals surface area (Å²) in [5.74, 6) is -1.49. The molecule has 0 saturated heterocycles. The molecule has 0 aromatic heterocycles. The van der Waals surface area contributed by atoms with Crippen molar-refractivity contribution in [2.24, 2.45) is 5.73 Å². The Hall–Kier alpha value is -2.15. The average Bonchev–Trinajstić information content (AvgIpc) is 2.71. The molecule has 0 radical (unpaired) electrons. The van der Waals surface area contributed by atoms with Crippen molar-refractivity contribution in [3.05, 3.63) is 57.5 Å². The number of sulfonamides is 1. The molecule has 2 amide bonds. The summed E-state index contributed by atoms with van der Waals surface area (Å²) < 4.78 is 27.5. The summed E-state index contributed by atoms with van der Waals surface area (Å²) in [7, 11) is -4.09. The first kappa shape index (κ1) is 26.1. The number of nitrogens with one attached hydrogen (secondary N) is 4. The molecule has 6 N–H and O–H groups in total. The van der Waals surface area contributed by atoms with E-state index < -0.39 is 27.9 Å². The SMILES string of the molecule is NC(=O)CC[C@@H](NS(=O)(=O)c1ccc(Cl)cc1)C(=O)NNC(=S)Nc1ccc(Cl)cc1Cl. The Morgan fingerprint density at radius 2 is 1.62 bits per heavy atom. The van der Waals surface area contributed by atoms with Gasteiger partial charge in [-0.15, -0.1) is 0 Å². The molecule has 2 aromatic rings. The summed E-state index contributed by atoms with van der Waals surface area (Å²) in [4.78, 5) is 23.6. The van der Waals surface area contributed by atoms with Crippen LogP contribution in [-0.2, 0) is 19.6 Å². The lowest BCUT2D eigenvalue weighted by Crippen LogP contribution is -2.53. The number of benzene rings is 2. The van der Waals surface area contributed by atoms with Crippen LogP contribution < -0.4 is 26.6 Å². The smallest absolute Gasteiger partial charge is 0.256 e. The van der Waals surface area contributed by atoms with E-state index in [9.17, 15) is 18.0 Å². The summed E-state index contributed by atoms with van der Waals surface area (Å²) >= 11 is 22.7. The van der Waals surface area contributed by atoms with E-state index in [1.54, 1.807) is 12.1 Å². The van der Waals surface area contributed by atoms with Crippen molar-refractivity contribution < 1.29 is 18.0 Å². The molecule has 172 valence electrons. The molecule has 0 saturated carbocycles. The Bertz CT molecular complexity index is 1110. The molecule has 1 atom stereocenters. The quantitative estimate of drug-likeness (QED) is 0.257. The highest BCUT2D eigenvalue weighted by atomic mass is 35.5. The van der Waals surface area contributed by atoms with E-state index >= 15 is 0 Å². The largest absolute Gasteiger partial charge is 0.370 e. The second-order valence-corrected chi connectivity index (χ2v) is 9.73. The van der Waals surface area contributed by atoms with Gasteiger partial charge in [0.15, 0.2) is 5.11 Å². The summed E-state index contributed by atoms with van der Waals surface area (Å²) in [6.45, 7) is 0. The Kier molecular flexibility index (Phi) is 9.49. The average molecular weight is 539 g/mol. The molecule has 0 aliphatic heterocycles. The van der Waals surface area contributed by atoms with Gasteiger partial charge in [-0.25, -0.2) is 8.42 Å². The predicted octanol–water partition coefficient (Wildman–Crippen LogP) is 2.58. The zero-order valence-electron chi connectivity index (χ0n) is 16.2. The first-order valence-electron chi connectivity index (χ1n) is 8.86. The van der Waals surface area contributed by atoms with Crippen LogP contribution in [0.15, 0.2) is 47.4 Å². The van der Waals surface area contributed by atoms with Crippen molar-refractivity contribution in [3.8, 4) is 0 Å². The minimum Gasteiger partial charge on any atom is -0.370 e. The lowest BCUT2D eigenvalue weighted by atomic mass is 10.1. The number of nitrogens with two attached hydrogens (primary N) is 1. The molecule has 14 heteroatoms. The first-order valence-corrected chi connectivity index (χ1v) is 11.9. The Morgan fingerprint density at radius 1 is 1.00 bits per heavy atom. The summed E-state index contributed by atoms with van der Waals surface area (Å²) in [5, 5.41) is 3.79. The number of carbonyl (C=O) groups is 2. The monoisotopic (exact) mass is 537 g/mol. The van der Waals surface area contributed by atoms with Crippen molar-refractivity contribution in [2.45, 2.75) is 23.8 Å². The van der Waals surface area contributed by atoms with Gasteiger partial charge < -0.3 is 11.1 Å². The fourth-order valence-electron chi connectivity index (χ4n) is 2.35. The van der Waals surface area contributed by atoms with Gasteiger partial charge in [-0.1, -0.05) is 34.8 Å². The number of halogens is 3. The van der Waals surface area contributed by atoms with Crippen molar-refractivity contribution >= 4 is 79.7 Å². The van der Waals surface area contributed by atoms with Gasteiger partial charge in [0.25, 0.3) is 5.91 Å². The molecule has 2 aromatic carbocycles. The summed E-state index contributed by atoms with van der Waals surface area (Å²) in [5.41, 5.74) is 10.3. The van der Waals surface area contributed by atoms with Crippen LogP contribution in [0.1, 0.15) is 12.8 Å². The lowest BCUT2D eigenvalue weighted by Gasteiger charge is -2.19. The third-order valence-corrected chi connectivity index (χ3v) is 6.39. The summed E-state index contributed by atoms with van der Waals surface area (Å²) in [6, 6.07) is 8.68. The molecular weight excluding hydrogens is 521 g/mol. The maximum Gasteiger partial charge on any atom is 0.256 e. The molecule has 0 aliphatic carbocycles. The molecule has 32 heavy (non-hydrogen) atoms. The van der Waals surface area contributed by atoms with Crippen LogP contribution in [0.4, 0.5) is 5.69 Å². The number of carbonyl (C=O) groups excluding carboxylic acids is 2. The summed E-state index contributed by atoms with van der Waals surface area (Å²) in [6.07, 6.45) is -0.414. The van der Waals surface area contributed by atoms with E-state index in [4.69, 9.17) is 52.8 Å². The van der Waals surface area contributed by atoms with Gasteiger partial charge in [-0.05, 0) is 61.1 Å². The molecule has 0 fully saturated rings. The van der Waals surface area contributed by atoms with E-state index in [-0.39, 0.29) is 22.8 Å². The zero-order chi connectivity index (χ0) is 23.9. The van der Waals surface area contributed by atoms with E-state index in [1.165, 1.54) is 30.3 Å². The lowest BCUT2D eigenvalue weighted by molar-refractivity contribution is -0.123. The standard InChI is InChI=1S/C18H18Cl3N5O4S2/c19-10-1-4-12(5-2-10)32(29,30)26-15(7-8-16(22)27)17(28)24-25-18(31)23-14-6-3-11(20)9-13(14)21/h1-6,9,15,26H,7-8H2,(H2,22,27)(H,24,28)(H2,23,25,31)/t15-/m1/s1. The molecule has 0 bridgehead atoms. The van der Waals surface area contributed by atoms with Crippen LogP contribution in [0.2, 0.25) is 15.1 Å². The maximum atomic E-state index is 12.6. The fraction of sp³-hybridized carbons (Fsp3) is 0.167. The van der Waals surface area contributed by atoms with Crippen molar-refractivity contribution in [2.75, 3.05) is 5.32 Å². The van der Waals surface area contributed by atoms with Crippen LogP contribution in [0.3, 0.4) is 0 Å². The first-order chi connectivity index (χ1) is 15.0. The highest BCUT2D eigenvalue weighted by molar-refractivity contribution is 7.89. The highest BCUT2D eigenvalue weighted by Gasteiger charge is 2.26. The molecule has 0 heterocycles. The number of anilines is 1. The number of hydrogen-bond donors (Lipinski definition) is 5. The molecule has 9 nitrogen and oxygen atoms in total. The van der Waals surface area contributed by atoms with E-state index in [0.29, 0.717) is 20.8 Å². The molecule has 0 aliphatic rings. The van der Waals surface area contributed by atoms with Crippen LogP contribution in [0, 0.1) is 0 Å². The highest BCUT2D eigenvalue weighted by Crippen LogP contribution is 2.25. The number of hydrogen-bond acceptors (Lipinski definition) is 5. The normalized spacial score (nSPS) is 12.0. The number of primary amides is 1. The maximum absolute atomic E-state index is 12.6. The van der Waals surface area contributed by atoms with Crippen LogP contribution in [-0.4, -0.2) is 31.4 Å². The van der Waals surface area contributed by atoms with Gasteiger partial charge in [-0.2, -0.15) is 4.72 Å². The zero-order valence-corrected chi connectivity index (χ0v) is 20.1. The van der Waals surface area contributed by atoms with Crippen LogP contribution in [0.25, 0.3) is 0 Å². The second kappa shape index (κ2) is 11.6. The van der Waals surface area contributed by atoms with Gasteiger partial charge in [0.1, 0.15) is 6.04 Å². The van der Waals surface area contributed by atoms with Gasteiger partial charge >= 0.3 is 0 Å².